The van der Waals surface area contributed by atoms with Gasteiger partial charge in [0.25, 0.3) is 0 Å². The molecule has 16 heavy (non-hydrogen) atoms. The molecular formula is C11H14BrFN2O. The second kappa shape index (κ2) is 5.96. The van der Waals surface area contributed by atoms with Crippen molar-refractivity contribution < 1.29 is 9.18 Å². The van der Waals surface area contributed by atoms with Crippen LogP contribution in [0, 0.1) is 11.7 Å². The lowest BCUT2D eigenvalue weighted by molar-refractivity contribution is -0.116. The van der Waals surface area contributed by atoms with Gasteiger partial charge < -0.3 is 11.1 Å². The fourth-order valence-corrected chi connectivity index (χ4v) is 1.43. The number of carbonyl (C=O) groups excluding carboxylic acids is 1. The molecule has 0 fully saturated rings. The predicted molar refractivity (Wildman–Crippen MR) is 65.6 cm³/mol. The molecule has 0 bridgehead atoms. The Kier molecular flexibility index (Phi) is 4.89. The summed E-state index contributed by atoms with van der Waals surface area (Å²) in [6.07, 6.45) is 0.341. The molecule has 1 aromatic carbocycles. The fraction of sp³-hybridized carbons (Fsp3) is 0.364. The Hall–Kier alpha value is -0.940. The molecule has 0 aliphatic rings. The van der Waals surface area contributed by atoms with Gasteiger partial charge in [-0.05, 0) is 46.6 Å². The highest BCUT2D eigenvalue weighted by Gasteiger charge is 2.08. The summed E-state index contributed by atoms with van der Waals surface area (Å²) in [6.45, 7) is 2.35. The van der Waals surface area contributed by atoms with Crippen LogP contribution >= 0.6 is 15.9 Å². The highest BCUT2D eigenvalue weighted by atomic mass is 79.9. The summed E-state index contributed by atoms with van der Waals surface area (Å²) < 4.78 is 13.5. The monoisotopic (exact) mass is 288 g/mol. The molecule has 5 heteroatoms. The number of halogens is 2. The molecule has 0 radical (unpaired) electrons. The van der Waals surface area contributed by atoms with Crippen LogP contribution in [0.15, 0.2) is 22.7 Å². The summed E-state index contributed by atoms with van der Waals surface area (Å²) in [5.74, 6) is -0.426. The van der Waals surface area contributed by atoms with Crippen molar-refractivity contribution in [1.82, 2.24) is 0 Å². The zero-order valence-corrected chi connectivity index (χ0v) is 10.6. The van der Waals surface area contributed by atoms with E-state index in [0.717, 1.165) is 0 Å². The highest BCUT2D eigenvalue weighted by molar-refractivity contribution is 9.10. The summed E-state index contributed by atoms with van der Waals surface area (Å²) in [7, 11) is 0. The van der Waals surface area contributed by atoms with Crippen molar-refractivity contribution in [3.05, 3.63) is 28.5 Å². The summed E-state index contributed by atoms with van der Waals surface area (Å²) in [5, 5.41) is 2.62. The third-order valence-corrected chi connectivity index (χ3v) is 2.78. The van der Waals surface area contributed by atoms with Crippen LogP contribution in [0.3, 0.4) is 0 Å². The van der Waals surface area contributed by atoms with Crippen molar-refractivity contribution in [2.45, 2.75) is 13.3 Å². The first-order chi connectivity index (χ1) is 7.52. The lowest BCUT2D eigenvalue weighted by atomic mass is 10.1. The van der Waals surface area contributed by atoms with Gasteiger partial charge in [0, 0.05) is 12.1 Å². The molecule has 1 aromatic rings. The van der Waals surface area contributed by atoms with E-state index < -0.39 is 5.82 Å². The molecule has 0 saturated carbocycles. The molecule has 88 valence electrons. The zero-order chi connectivity index (χ0) is 12.1. The second-order valence-corrected chi connectivity index (χ2v) is 4.58. The summed E-state index contributed by atoms with van der Waals surface area (Å²) >= 11 is 3.04. The number of nitrogens with two attached hydrogens (primary N) is 1. The van der Waals surface area contributed by atoms with E-state index in [1.807, 2.05) is 6.92 Å². The first kappa shape index (κ1) is 13.1. The molecular weight excluding hydrogens is 275 g/mol. The first-order valence-corrected chi connectivity index (χ1v) is 5.77. The molecule has 3 nitrogen and oxygen atoms in total. The standard InChI is InChI=1S/C11H14BrFN2O/c1-7(6-14)4-11(16)15-8-2-3-9(12)10(13)5-8/h2-3,5,7H,4,6,14H2,1H3,(H,15,16). The van der Waals surface area contributed by atoms with Gasteiger partial charge in [0.15, 0.2) is 0 Å². The topological polar surface area (TPSA) is 55.1 Å². The Morgan fingerprint density at radius 3 is 2.88 bits per heavy atom. The molecule has 0 aromatic heterocycles. The van der Waals surface area contributed by atoms with Crippen LogP contribution in [0.4, 0.5) is 10.1 Å². The van der Waals surface area contributed by atoms with E-state index in [4.69, 9.17) is 5.73 Å². The van der Waals surface area contributed by atoms with Crippen LogP contribution in [0.2, 0.25) is 0 Å². The minimum Gasteiger partial charge on any atom is -0.330 e. The highest BCUT2D eigenvalue weighted by Crippen LogP contribution is 2.19. The van der Waals surface area contributed by atoms with Gasteiger partial charge in [-0.25, -0.2) is 4.39 Å². The van der Waals surface area contributed by atoms with Gasteiger partial charge in [0.05, 0.1) is 4.47 Å². The Balaban J connectivity index is 2.59. The van der Waals surface area contributed by atoms with Crippen molar-refractivity contribution in [3.63, 3.8) is 0 Å². The van der Waals surface area contributed by atoms with Gasteiger partial charge in [-0.1, -0.05) is 6.92 Å². The van der Waals surface area contributed by atoms with Gasteiger partial charge >= 0.3 is 0 Å². The van der Waals surface area contributed by atoms with E-state index in [1.165, 1.54) is 6.07 Å². The van der Waals surface area contributed by atoms with Crippen molar-refractivity contribution >= 4 is 27.5 Å². The maximum Gasteiger partial charge on any atom is 0.224 e. The third kappa shape index (κ3) is 3.90. The number of anilines is 1. The molecule has 0 aliphatic heterocycles. The van der Waals surface area contributed by atoms with Gasteiger partial charge in [-0.2, -0.15) is 0 Å². The Bertz CT molecular complexity index is 384. The second-order valence-electron chi connectivity index (χ2n) is 3.72. The van der Waals surface area contributed by atoms with Crippen molar-refractivity contribution in [2.75, 3.05) is 11.9 Å². The maximum absolute atomic E-state index is 13.1. The Morgan fingerprint density at radius 2 is 2.31 bits per heavy atom. The number of carbonyl (C=O) groups is 1. The number of hydrogen-bond donors (Lipinski definition) is 2. The van der Waals surface area contributed by atoms with Crippen LogP contribution in [0.1, 0.15) is 13.3 Å². The number of rotatable bonds is 4. The molecule has 0 saturated heterocycles. The van der Waals surface area contributed by atoms with Crippen molar-refractivity contribution in [1.29, 1.82) is 0 Å². The predicted octanol–water partition coefficient (Wildman–Crippen LogP) is 2.51. The van der Waals surface area contributed by atoms with E-state index in [2.05, 4.69) is 21.2 Å². The molecule has 1 atom stereocenters. The average molecular weight is 289 g/mol. The van der Waals surface area contributed by atoms with Gasteiger partial charge in [-0.15, -0.1) is 0 Å². The minimum atomic E-state index is -0.398. The van der Waals surface area contributed by atoms with E-state index in [0.29, 0.717) is 23.1 Å². The quantitative estimate of drug-likeness (QED) is 0.894. The normalized spacial score (nSPS) is 12.2. The maximum atomic E-state index is 13.1. The molecule has 3 N–H and O–H groups in total. The van der Waals surface area contributed by atoms with Crippen LogP contribution in [0.25, 0.3) is 0 Å². The molecule has 0 heterocycles. The van der Waals surface area contributed by atoms with Crippen LogP contribution < -0.4 is 11.1 Å². The summed E-state index contributed by atoms with van der Waals surface area (Å²) in [6, 6.07) is 4.46. The summed E-state index contributed by atoms with van der Waals surface area (Å²) in [5.41, 5.74) is 5.87. The van der Waals surface area contributed by atoms with Gasteiger partial charge in [0.2, 0.25) is 5.91 Å². The number of amides is 1. The summed E-state index contributed by atoms with van der Waals surface area (Å²) in [4.78, 5) is 11.5. The van der Waals surface area contributed by atoms with Crippen LogP contribution in [-0.2, 0) is 4.79 Å². The van der Waals surface area contributed by atoms with E-state index in [1.54, 1.807) is 12.1 Å². The average Bonchev–Trinajstić information content (AvgIpc) is 2.23. The van der Waals surface area contributed by atoms with Gasteiger partial charge in [0.1, 0.15) is 5.82 Å². The van der Waals surface area contributed by atoms with E-state index in [9.17, 15) is 9.18 Å². The smallest absolute Gasteiger partial charge is 0.224 e. The first-order valence-electron chi connectivity index (χ1n) is 4.98. The lowest BCUT2D eigenvalue weighted by Gasteiger charge is -2.09. The van der Waals surface area contributed by atoms with Crippen LogP contribution in [0.5, 0.6) is 0 Å². The lowest BCUT2D eigenvalue weighted by Crippen LogP contribution is -2.20. The third-order valence-electron chi connectivity index (χ3n) is 2.14. The zero-order valence-electron chi connectivity index (χ0n) is 8.97. The molecule has 1 rings (SSSR count). The fourth-order valence-electron chi connectivity index (χ4n) is 1.19. The number of benzene rings is 1. The Labute approximate surface area is 102 Å². The van der Waals surface area contributed by atoms with Crippen molar-refractivity contribution in [3.8, 4) is 0 Å². The number of nitrogens with one attached hydrogen (secondary N) is 1. The molecule has 0 aliphatic carbocycles. The minimum absolute atomic E-state index is 0.125. The molecule has 0 spiro atoms. The van der Waals surface area contributed by atoms with Crippen molar-refractivity contribution in [2.24, 2.45) is 11.7 Å². The number of hydrogen-bond acceptors (Lipinski definition) is 2. The Morgan fingerprint density at radius 1 is 1.62 bits per heavy atom. The molecule has 1 amide bonds. The van der Waals surface area contributed by atoms with E-state index >= 15 is 0 Å². The van der Waals surface area contributed by atoms with E-state index in [-0.39, 0.29) is 11.8 Å². The largest absolute Gasteiger partial charge is 0.330 e. The van der Waals surface area contributed by atoms with Crippen LogP contribution in [-0.4, -0.2) is 12.5 Å². The SMILES string of the molecule is CC(CN)CC(=O)Nc1ccc(Br)c(F)c1. The van der Waals surface area contributed by atoms with Gasteiger partial charge in [-0.3, -0.25) is 4.79 Å². The molecule has 1 unspecified atom stereocenters.